The Morgan fingerprint density at radius 1 is 1.42 bits per heavy atom. The second kappa shape index (κ2) is 4.94. The summed E-state index contributed by atoms with van der Waals surface area (Å²) in [6.07, 6.45) is 1.82. The SMILES string of the molecule is CCn1nc(C)c2nc(CCl)n(Cc3nccs3)c21. The third-order valence-electron chi connectivity index (χ3n) is 3.07. The number of rotatable bonds is 4. The molecule has 0 bridgehead atoms. The molecule has 0 fully saturated rings. The van der Waals surface area contributed by atoms with Crippen LogP contribution in [0.3, 0.4) is 0 Å². The molecular formula is C12H14ClN5S. The Kier molecular flexibility index (Phi) is 3.28. The summed E-state index contributed by atoms with van der Waals surface area (Å²) < 4.78 is 4.09. The number of thiazole rings is 1. The highest BCUT2D eigenvalue weighted by Crippen LogP contribution is 2.22. The lowest BCUT2D eigenvalue weighted by Crippen LogP contribution is -2.08. The van der Waals surface area contributed by atoms with E-state index in [4.69, 9.17) is 11.6 Å². The third kappa shape index (κ3) is 2.04. The Labute approximate surface area is 119 Å². The lowest BCUT2D eigenvalue weighted by atomic mass is 10.4. The fourth-order valence-corrected chi connectivity index (χ4v) is 3.03. The highest BCUT2D eigenvalue weighted by molar-refractivity contribution is 7.09. The fraction of sp³-hybridized carbons (Fsp3) is 0.417. The van der Waals surface area contributed by atoms with E-state index in [2.05, 4.69) is 26.6 Å². The minimum absolute atomic E-state index is 0.392. The summed E-state index contributed by atoms with van der Waals surface area (Å²) in [5.74, 6) is 1.26. The van der Waals surface area contributed by atoms with Gasteiger partial charge in [0.2, 0.25) is 0 Å². The van der Waals surface area contributed by atoms with Crippen molar-refractivity contribution in [2.24, 2.45) is 0 Å². The molecule has 0 N–H and O–H groups in total. The van der Waals surface area contributed by atoms with E-state index in [1.165, 1.54) is 0 Å². The number of fused-ring (bicyclic) bond motifs is 1. The average molecular weight is 296 g/mol. The van der Waals surface area contributed by atoms with Gasteiger partial charge in [-0.15, -0.1) is 22.9 Å². The van der Waals surface area contributed by atoms with Crippen LogP contribution in [-0.2, 0) is 19.0 Å². The highest BCUT2D eigenvalue weighted by atomic mass is 35.5. The lowest BCUT2D eigenvalue weighted by molar-refractivity contribution is 0.638. The van der Waals surface area contributed by atoms with Gasteiger partial charge in [0.05, 0.1) is 18.1 Å². The molecular weight excluding hydrogens is 282 g/mol. The van der Waals surface area contributed by atoms with Gasteiger partial charge in [-0.25, -0.2) is 14.6 Å². The van der Waals surface area contributed by atoms with E-state index in [9.17, 15) is 0 Å². The van der Waals surface area contributed by atoms with Crippen LogP contribution < -0.4 is 0 Å². The second-order valence-electron chi connectivity index (χ2n) is 4.25. The van der Waals surface area contributed by atoms with Crippen molar-refractivity contribution in [2.45, 2.75) is 32.8 Å². The molecule has 3 heterocycles. The maximum Gasteiger partial charge on any atom is 0.159 e. The molecule has 0 aromatic carbocycles. The molecule has 0 unspecified atom stereocenters. The predicted octanol–water partition coefficient (Wildman–Crippen LogP) is 2.80. The largest absolute Gasteiger partial charge is 0.305 e. The Bertz CT molecular complexity index is 697. The molecule has 0 saturated carbocycles. The topological polar surface area (TPSA) is 48.5 Å². The summed E-state index contributed by atoms with van der Waals surface area (Å²) >= 11 is 7.66. The summed E-state index contributed by atoms with van der Waals surface area (Å²) in [5, 5.41) is 7.53. The zero-order valence-electron chi connectivity index (χ0n) is 10.8. The zero-order chi connectivity index (χ0) is 13.4. The molecule has 0 spiro atoms. The molecule has 5 nitrogen and oxygen atoms in total. The summed E-state index contributed by atoms with van der Waals surface area (Å²) in [5.41, 5.74) is 2.92. The first-order valence-corrected chi connectivity index (χ1v) is 7.52. The molecule has 3 aromatic rings. The van der Waals surface area contributed by atoms with Gasteiger partial charge in [-0.3, -0.25) is 0 Å². The predicted molar refractivity (Wildman–Crippen MR) is 76.7 cm³/mol. The van der Waals surface area contributed by atoms with E-state index in [1.54, 1.807) is 11.3 Å². The van der Waals surface area contributed by atoms with Crippen LogP contribution in [-0.4, -0.2) is 24.3 Å². The molecule has 3 aromatic heterocycles. The van der Waals surface area contributed by atoms with Crippen molar-refractivity contribution < 1.29 is 0 Å². The van der Waals surface area contributed by atoms with Gasteiger partial charge in [0, 0.05) is 18.1 Å². The van der Waals surface area contributed by atoms with E-state index in [0.717, 1.165) is 34.2 Å². The summed E-state index contributed by atoms with van der Waals surface area (Å²) in [6.45, 7) is 5.57. The van der Waals surface area contributed by atoms with Crippen molar-refractivity contribution in [3.05, 3.63) is 28.1 Å². The van der Waals surface area contributed by atoms with Crippen molar-refractivity contribution in [3.63, 3.8) is 0 Å². The minimum Gasteiger partial charge on any atom is -0.305 e. The van der Waals surface area contributed by atoms with Crippen molar-refractivity contribution in [2.75, 3.05) is 0 Å². The highest BCUT2D eigenvalue weighted by Gasteiger charge is 2.18. The summed E-state index contributed by atoms with van der Waals surface area (Å²) in [7, 11) is 0. The van der Waals surface area contributed by atoms with Gasteiger partial charge in [-0.2, -0.15) is 5.10 Å². The van der Waals surface area contributed by atoms with Gasteiger partial charge in [0.15, 0.2) is 5.65 Å². The number of hydrogen-bond acceptors (Lipinski definition) is 4. The van der Waals surface area contributed by atoms with Gasteiger partial charge in [-0.1, -0.05) is 0 Å². The molecule has 100 valence electrons. The lowest BCUT2D eigenvalue weighted by Gasteiger charge is -2.07. The number of alkyl halides is 1. The van der Waals surface area contributed by atoms with Gasteiger partial charge >= 0.3 is 0 Å². The maximum atomic E-state index is 6.02. The van der Waals surface area contributed by atoms with Crippen LogP contribution in [0.2, 0.25) is 0 Å². The molecule has 0 aliphatic rings. The van der Waals surface area contributed by atoms with Crippen LogP contribution in [0, 0.1) is 6.92 Å². The Hall–Kier alpha value is -1.40. The van der Waals surface area contributed by atoms with E-state index < -0.39 is 0 Å². The van der Waals surface area contributed by atoms with Crippen molar-refractivity contribution in [3.8, 4) is 0 Å². The standard InChI is InChI=1S/C12H14ClN5S/c1-3-18-12-11(8(2)16-18)15-9(6-13)17(12)7-10-14-4-5-19-10/h4-5H,3,6-7H2,1-2H3. The van der Waals surface area contributed by atoms with Gasteiger partial charge in [-0.05, 0) is 13.8 Å². The summed E-state index contributed by atoms with van der Waals surface area (Å²) in [6, 6.07) is 0. The smallest absolute Gasteiger partial charge is 0.159 e. The number of nitrogens with zero attached hydrogens (tertiary/aromatic N) is 5. The Balaban J connectivity index is 2.19. The first-order chi connectivity index (χ1) is 9.24. The molecule has 3 rings (SSSR count). The van der Waals surface area contributed by atoms with Crippen LogP contribution in [0.5, 0.6) is 0 Å². The summed E-state index contributed by atoms with van der Waals surface area (Å²) in [4.78, 5) is 8.94. The third-order valence-corrected chi connectivity index (χ3v) is 4.08. The molecule has 7 heteroatoms. The average Bonchev–Trinajstić information content (AvgIpc) is 3.09. The molecule has 0 radical (unpaired) electrons. The van der Waals surface area contributed by atoms with Crippen LogP contribution in [0.25, 0.3) is 11.2 Å². The van der Waals surface area contributed by atoms with Crippen molar-refractivity contribution in [1.29, 1.82) is 0 Å². The molecule has 0 aliphatic carbocycles. The monoisotopic (exact) mass is 295 g/mol. The molecule has 19 heavy (non-hydrogen) atoms. The van der Waals surface area contributed by atoms with Crippen molar-refractivity contribution >= 4 is 34.1 Å². The Morgan fingerprint density at radius 2 is 2.26 bits per heavy atom. The van der Waals surface area contributed by atoms with Crippen LogP contribution in [0.4, 0.5) is 0 Å². The number of aryl methyl sites for hydroxylation is 2. The van der Waals surface area contributed by atoms with E-state index in [0.29, 0.717) is 12.4 Å². The van der Waals surface area contributed by atoms with Crippen molar-refractivity contribution in [1.82, 2.24) is 24.3 Å². The maximum absolute atomic E-state index is 6.02. The minimum atomic E-state index is 0.392. The molecule has 0 aliphatic heterocycles. The Morgan fingerprint density at radius 3 is 2.89 bits per heavy atom. The first-order valence-electron chi connectivity index (χ1n) is 6.11. The number of halogens is 1. The number of aromatic nitrogens is 5. The first kappa shape index (κ1) is 12.6. The van der Waals surface area contributed by atoms with E-state index >= 15 is 0 Å². The normalized spacial score (nSPS) is 11.5. The second-order valence-corrected chi connectivity index (χ2v) is 5.49. The van der Waals surface area contributed by atoms with Crippen LogP contribution in [0.1, 0.15) is 23.4 Å². The quantitative estimate of drug-likeness (QED) is 0.695. The van der Waals surface area contributed by atoms with Gasteiger partial charge in [0.25, 0.3) is 0 Å². The number of imidazole rings is 1. The molecule has 0 amide bonds. The molecule has 0 saturated heterocycles. The van der Waals surface area contributed by atoms with Crippen LogP contribution in [0.15, 0.2) is 11.6 Å². The zero-order valence-corrected chi connectivity index (χ0v) is 12.4. The fourth-order valence-electron chi connectivity index (χ4n) is 2.22. The van der Waals surface area contributed by atoms with E-state index in [1.807, 2.05) is 23.2 Å². The number of hydrogen-bond donors (Lipinski definition) is 0. The van der Waals surface area contributed by atoms with Gasteiger partial charge < -0.3 is 4.57 Å². The van der Waals surface area contributed by atoms with Gasteiger partial charge in [0.1, 0.15) is 16.3 Å². The molecule has 0 atom stereocenters. The van der Waals surface area contributed by atoms with E-state index in [-0.39, 0.29) is 0 Å². The van der Waals surface area contributed by atoms with Crippen LogP contribution >= 0.6 is 22.9 Å².